The van der Waals surface area contributed by atoms with E-state index in [1.54, 1.807) is 0 Å². The number of aryl methyl sites for hydroxylation is 1. The average Bonchev–Trinajstić information content (AvgIpc) is 2.74. The van der Waals surface area contributed by atoms with Crippen molar-refractivity contribution in [3.05, 3.63) is 77.9 Å². The first-order valence-electron chi connectivity index (χ1n) is 10.2. The minimum atomic E-state index is -0.348. The van der Waals surface area contributed by atoms with Crippen molar-refractivity contribution in [3.63, 3.8) is 0 Å². The summed E-state index contributed by atoms with van der Waals surface area (Å²) in [6, 6.07) is 21.7. The third kappa shape index (κ3) is 4.47. The molecular weight excluding hydrogens is 374 g/mol. The van der Waals surface area contributed by atoms with Crippen LogP contribution in [0.1, 0.15) is 17.5 Å². The molecule has 0 aromatic heterocycles. The Morgan fingerprint density at radius 1 is 0.967 bits per heavy atom. The number of carbonyl (C=O) groups is 1. The number of fused-ring (bicyclic) bond motifs is 1. The zero-order chi connectivity index (χ0) is 21.1. The number of amides is 2. The Kier molecular flexibility index (Phi) is 5.72. The van der Waals surface area contributed by atoms with E-state index in [4.69, 9.17) is 0 Å². The van der Waals surface area contributed by atoms with Crippen molar-refractivity contribution >= 4 is 23.1 Å². The Labute approximate surface area is 177 Å². The Bertz CT molecular complexity index is 1040. The Morgan fingerprint density at radius 2 is 1.73 bits per heavy atom. The Morgan fingerprint density at radius 3 is 2.50 bits per heavy atom. The van der Waals surface area contributed by atoms with Crippen molar-refractivity contribution < 1.29 is 9.90 Å². The molecule has 2 amide bonds. The molecule has 0 saturated carbocycles. The molecular formula is C25H27N3O2. The van der Waals surface area contributed by atoms with Gasteiger partial charge in [0.05, 0.1) is 6.10 Å². The van der Waals surface area contributed by atoms with Crippen LogP contribution in [0.5, 0.6) is 0 Å². The molecule has 1 atom stereocenters. The van der Waals surface area contributed by atoms with Crippen LogP contribution in [0.2, 0.25) is 0 Å². The van der Waals surface area contributed by atoms with Crippen molar-refractivity contribution in [2.45, 2.75) is 25.4 Å². The van der Waals surface area contributed by atoms with Gasteiger partial charge in [0.1, 0.15) is 0 Å². The fourth-order valence-electron chi connectivity index (χ4n) is 3.90. The number of hydrogen-bond donors (Lipinski definition) is 3. The van der Waals surface area contributed by atoms with Crippen LogP contribution >= 0.6 is 0 Å². The molecule has 4 rings (SSSR count). The van der Waals surface area contributed by atoms with Gasteiger partial charge < -0.3 is 20.6 Å². The normalized spacial score (nSPS) is 15.2. The highest BCUT2D eigenvalue weighted by Crippen LogP contribution is 2.29. The average molecular weight is 402 g/mol. The van der Waals surface area contributed by atoms with Crippen LogP contribution in [0.15, 0.2) is 66.7 Å². The van der Waals surface area contributed by atoms with Crippen LogP contribution in [0.25, 0.3) is 11.1 Å². The van der Waals surface area contributed by atoms with Crippen molar-refractivity contribution in [1.29, 1.82) is 0 Å². The molecule has 30 heavy (non-hydrogen) atoms. The van der Waals surface area contributed by atoms with Crippen LogP contribution in [0.4, 0.5) is 21.9 Å². The van der Waals surface area contributed by atoms with Gasteiger partial charge in [0.15, 0.2) is 0 Å². The van der Waals surface area contributed by atoms with Crippen LogP contribution in [-0.4, -0.2) is 31.3 Å². The van der Waals surface area contributed by atoms with E-state index in [0.29, 0.717) is 6.42 Å². The second kappa shape index (κ2) is 8.59. The van der Waals surface area contributed by atoms with E-state index in [-0.39, 0.29) is 12.1 Å². The molecule has 3 N–H and O–H groups in total. The summed E-state index contributed by atoms with van der Waals surface area (Å²) < 4.78 is 0. The second-order valence-electron chi connectivity index (χ2n) is 7.94. The van der Waals surface area contributed by atoms with Crippen molar-refractivity contribution in [3.8, 4) is 11.1 Å². The fourth-order valence-corrected chi connectivity index (χ4v) is 3.90. The molecule has 0 radical (unpaired) electrons. The molecule has 3 aromatic rings. The molecule has 1 unspecified atom stereocenters. The monoisotopic (exact) mass is 401 g/mol. The first-order chi connectivity index (χ1) is 14.5. The van der Waals surface area contributed by atoms with Crippen molar-refractivity contribution in [2.75, 3.05) is 29.6 Å². The smallest absolute Gasteiger partial charge is 0.323 e. The minimum Gasteiger partial charge on any atom is -0.393 e. The lowest BCUT2D eigenvalue weighted by Crippen LogP contribution is -2.24. The van der Waals surface area contributed by atoms with E-state index in [9.17, 15) is 9.90 Å². The molecule has 1 aliphatic carbocycles. The predicted molar refractivity (Wildman–Crippen MR) is 123 cm³/mol. The van der Waals surface area contributed by atoms with Gasteiger partial charge in [0, 0.05) is 37.6 Å². The molecule has 0 heterocycles. The minimum absolute atomic E-state index is 0.288. The summed E-state index contributed by atoms with van der Waals surface area (Å²) in [5, 5.41) is 15.9. The molecule has 0 fully saturated rings. The van der Waals surface area contributed by atoms with Gasteiger partial charge in [0.25, 0.3) is 0 Å². The molecule has 5 nitrogen and oxygen atoms in total. The molecule has 154 valence electrons. The third-order valence-electron chi connectivity index (χ3n) is 5.55. The zero-order valence-electron chi connectivity index (χ0n) is 17.4. The molecule has 0 aliphatic heterocycles. The van der Waals surface area contributed by atoms with Crippen LogP contribution in [-0.2, 0) is 12.8 Å². The maximum Gasteiger partial charge on any atom is 0.323 e. The predicted octanol–water partition coefficient (Wildman–Crippen LogP) is 4.91. The lowest BCUT2D eigenvalue weighted by atomic mass is 9.88. The first kappa shape index (κ1) is 20.0. The second-order valence-corrected chi connectivity index (χ2v) is 7.94. The van der Waals surface area contributed by atoms with Crippen LogP contribution < -0.4 is 15.5 Å². The summed E-state index contributed by atoms with van der Waals surface area (Å²) >= 11 is 0. The van der Waals surface area contributed by atoms with Gasteiger partial charge in [-0.2, -0.15) is 0 Å². The van der Waals surface area contributed by atoms with E-state index in [2.05, 4.69) is 45.9 Å². The van der Waals surface area contributed by atoms with E-state index in [1.807, 2.05) is 50.5 Å². The summed E-state index contributed by atoms with van der Waals surface area (Å²) in [5.41, 5.74) is 6.99. The number of rotatable bonds is 4. The maximum atomic E-state index is 12.6. The Balaban J connectivity index is 1.48. The summed E-state index contributed by atoms with van der Waals surface area (Å²) in [5.74, 6) is 0. The Hall–Kier alpha value is -3.31. The number of carbonyl (C=O) groups excluding carboxylic acids is 1. The number of urea groups is 1. The SMILES string of the molecule is CN(C)c1ccc(-c2cccc(NC(=O)Nc3cccc4c3CC(O)CC4)c2)cc1. The van der Waals surface area contributed by atoms with Gasteiger partial charge in [-0.15, -0.1) is 0 Å². The number of hydrogen-bond acceptors (Lipinski definition) is 3. The molecule has 0 spiro atoms. The topological polar surface area (TPSA) is 64.6 Å². The maximum absolute atomic E-state index is 12.6. The van der Waals surface area contributed by atoms with E-state index in [0.717, 1.165) is 46.6 Å². The van der Waals surface area contributed by atoms with E-state index in [1.165, 1.54) is 5.56 Å². The summed E-state index contributed by atoms with van der Waals surface area (Å²) in [4.78, 5) is 14.7. The van der Waals surface area contributed by atoms with Gasteiger partial charge in [0.2, 0.25) is 0 Å². The number of aliphatic hydroxyl groups excluding tert-OH is 1. The standard InChI is InChI=1S/C25H27N3O2/c1-28(2)21-12-9-17(10-13-21)19-6-3-7-20(15-19)26-25(30)27-24-8-4-5-18-11-14-22(29)16-23(18)24/h3-10,12-13,15,22,29H,11,14,16H2,1-2H3,(H2,26,27,30). The number of aliphatic hydroxyl groups is 1. The highest BCUT2D eigenvalue weighted by molar-refractivity contribution is 6.00. The van der Waals surface area contributed by atoms with Crippen molar-refractivity contribution in [1.82, 2.24) is 0 Å². The quantitative estimate of drug-likeness (QED) is 0.582. The zero-order valence-corrected chi connectivity index (χ0v) is 17.4. The van der Waals surface area contributed by atoms with Gasteiger partial charge in [-0.25, -0.2) is 4.79 Å². The van der Waals surface area contributed by atoms with E-state index >= 15 is 0 Å². The molecule has 5 heteroatoms. The lowest BCUT2D eigenvalue weighted by Gasteiger charge is -2.23. The molecule has 3 aromatic carbocycles. The summed E-state index contributed by atoms with van der Waals surface area (Å²) in [7, 11) is 4.03. The highest BCUT2D eigenvalue weighted by atomic mass is 16.3. The third-order valence-corrected chi connectivity index (χ3v) is 5.55. The van der Waals surface area contributed by atoms with Crippen molar-refractivity contribution in [2.24, 2.45) is 0 Å². The first-order valence-corrected chi connectivity index (χ1v) is 10.2. The molecule has 0 bridgehead atoms. The largest absolute Gasteiger partial charge is 0.393 e. The number of nitrogens with one attached hydrogen (secondary N) is 2. The molecule has 1 aliphatic rings. The number of nitrogens with zero attached hydrogens (tertiary/aromatic N) is 1. The van der Waals surface area contributed by atoms with Gasteiger partial charge >= 0.3 is 6.03 Å². The lowest BCUT2D eigenvalue weighted by molar-refractivity contribution is 0.159. The highest BCUT2D eigenvalue weighted by Gasteiger charge is 2.20. The number of benzene rings is 3. The van der Waals surface area contributed by atoms with Crippen LogP contribution in [0.3, 0.4) is 0 Å². The molecule has 0 saturated heterocycles. The fraction of sp³-hybridized carbons (Fsp3) is 0.240. The van der Waals surface area contributed by atoms with E-state index < -0.39 is 0 Å². The van der Waals surface area contributed by atoms with Gasteiger partial charge in [-0.1, -0.05) is 36.4 Å². The summed E-state index contributed by atoms with van der Waals surface area (Å²) in [6.45, 7) is 0. The van der Waals surface area contributed by atoms with Crippen LogP contribution in [0, 0.1) is 0 Å². The summed E-state index contributed by atoms with van der Waals surface area (Å²) in [6.07, 6.45) is 1.83. The van der Waals surface area contributed by atoms with Gasteiger partial charge in [-0.05, 0) is 65.4 Å². The number of anilines is 3. The van der Waals surface area contributed by atoms with Gasteiger partial charge in [-0.3, -0.25) is 0 Å².